The van der Waals surface area contributed by atoms with Crippen LogP contribution in [0.5, 0.6) is 0 Å². The molecule has 0 radical (unpaired) electrons. The molecule has 1 aromatic carbocycles. The molecule has 0 saturated carbocycles. The van der Waals surface area contributed by atoms with Crippen molar-refractivity contribution in [2.45, 2.75) is 17.9 Å². The van der Waals surface area contributed by atoms with Gasteiger partial charge in [0.1, 0.15) is 11.8 Å². The second kappa shape index (κ2) is 6.80. The largest absolute Gasteiger partial charge is 0.467 e. The third-order valence-electron chi connectivity index (χ3n) is 3.64. The first kappa shape index (κ1) is 16.8. The normalized spacial score (nSPS) is 13.1. The van der Waals surface area contributed by atoms with Crippen LogP contribution in [0.4, 0.5) is 0 Å². The van der Waals surface area contributed by atoms with E-state index in [4.69, 9.17) is 16.0 Å². The molecule has 0 aliphatic heterocycles. The molecule has 0 aliphatic rings. The number of nitrogens with one attached hydrogen (secondary N) is 1. The highest BCUT2D eigenvalue weighted by Gasteiger charge is 2.22. The van der Waals surface area contributed by atoms with Crippen LogP contribution in [-0.4, -0.2) is 24.7 Å². The van der Waals surface area contributed by atoms with E-state index in [0.717, 1.165) is 5.56 Å². The number of nitrogens with zero attached hydrogens (tertiary/aromatic N) is 2. The molecule has 3 rings (SSSR count). The highest BCUT2D eigenvalue weighted by molar-refractivity contribution is 7.89. The fourth-order valence-corrected chi connectivity index (χ4v) is 3.59. The van der Waals surface area contributed by atoms with E-state index in [1.54, 1.807) is 47.6 Å². The summed E-state index contributed by atoms with van der Waals surface area (Å²) in [6, 6.07) is 9.56. The van der Waals surface area contributed by atoms with Gasteiger partial charge in [0, 0.05) is 24.0 Å². The number of rotatable bonds is 6. The number of hydrogen-bond donors (Lipinski definition) is 1. The number of aryl methyl sites for hydroxylation is 1. The number of aromatic nitrogens is 2. The molecule has 0 spiro atoms. The topological polar surface area (TPSA) is 77.1 Å². The van der Waals surface area contributed by atoms with Crippen LogP contribution in [0, 0.1) is 6.92 Å². The molecule has 0 amide bonds. The predicted octanol–water partition coefficient (Wildman–Crippen LogP) is 3.01. The molecular weight excluding hydrogens is 350 g/mol. The third-order valence-corrected chi connectivity index (χ3v) is 5.46. The standard InChI is InChI=1S/C16H16ClN3O3S/c1-12-5-6-13(10-14(12)17)24(21,22)19-11-15(16-4-2-9-23-16)20-8-3-7-18-20/h2-10,15,19H,11H2,1H3. The Labute approximate surface area is 145 Å². The lowest BCUT2D eigenvalue weighted by Crippen LogP contribution is -2.31. The molecule has 0 aliphatic carbocycles. The van der Waals surface area contributed by atoms with Crippen molar-refractivity contribution in [2.24, 2.45) is 0 Å². The zero-order chi connectivity index (χ0) is 17.2. The van der Waals surface area contributed by atoms with E-state index in [-0.39, 0.29) is 17.5 Å². The molecule has 24 heavy (non-hydrogen) atoms. The Morgan fingerprint density at radius 3 is 2.79 bits per heavy atom. The predicted molar refractivity (Wildman–Crippen MR) is 90.5 cm³/mol. The Kier molecular flexibility index (Phi) is 4.75. The van der Waals surface area contributed by atoms with Crippen molar-refractivity contribution in [2.75, 3.05) is 6.54 Å². The van der Waals surface area contributed by atoms with Crippen molar-refractivity contribution in [1.82, 2.24) is 14.5 Å². The molecule has 126 valence electrons. The van der Waals surface area contributed by atoms with Crippen molar-refractivity contribution >= 4 is 21.6 Å². The second-order valence-electron chi connectivity index (χ2n) is 5.28. The van der Waals surface area contributed by atoms with Gasteiger partial charge in [-0.05, 0) is 42.8 Å². The van der Waals surface area contributed by atoms with Gasteiger partial charge in [0.25, 0.3) is 0 Å². The fourth-order valence-electron chi connectivity index (χ4n) is 2.28. The molecule has 1 atom stereocenters. The van der Waals surface area contributed by atoms with Gasteiger partial charge in [0.05, 0.1) is 11.2 Å². The number of benzene rings is 1. The van der Waals surface area contributed by atoms with E-state index >= 15 is 0 Å². The van der Waals surface area contributed by atoms with Gasteiger partial charge in [-0.15, -0.1) is 0 Å². The molecule has 0 saturated heterocycles. The summed E-state index contributed by atoms with van der Waals surface area (Å²) in [6.07, 6.45) is 4.93. The molecule has 0 bridgehead atoms. The van der Waals surface area contributed by atoms with Gasteiger partial charge in [-0.1, -0.05) is 17.7 Å². The summed E-state index contributed by atoms with van der Waals surface area (Å²) >= 11 is 6.02. The smallest absolute Gasteiger partial charge is 0.240 e. The van der Waals surface area contributed by atoms with Crippen LogP contribution in [0.1, 0.15) is 17.4 Å². The lowest BCUT2D eigenvalue weighted by molar-refractivity contribution is 0.402. The van der Waals surface area contributed by atoms with Gasteiger partial charge in [0.2, 0.25) is 10.0 Å². The summed E-state index contributed by atoms with van der Waals surface area (Å²) in [4.78, 5) is 0.122. The molecule has 1 N–H and O–H groups in total. The van der Waals surface area contributed by atoms with E-state index in [9.17, 15) is 8.42 Å². The van der Waals surface area contributed by atoms with Crippen molar-refractivity contribution < 1.29 is 12.8 Å². The monoisotopic (exact) mass is 365 g/mol. The maximum Gasteiger partial charge on any atom is 0.240 e. The minimum Gasteiger partial charge on any atom is -0.467 e. The average molecular weight is 366 g/mol. The number of sulfonamides is 1. The van der Waals surface area contributed by atoms with Crippen molar-refractivity contribution in [3.63, 3.8) is 0 Å². The quantitative estimate of drug-likeness (QED) is 0.728. The van der Waals surface area contributed by atoms with E-state index in [0.29, 0.717) is 10.8 Å². The molecule has 2 aromatic heterocycles. The minimum atomic E-state index is -3.69. The summed E-state index contributed by atoms with van der Waals surface area (Å²) in [5, 5.41) is 4.58. The summed E-state index contributed by atoms with van der Waals surface area (Å²) in [5.41, 5.74) is 0.820. The Balaban J connectivity index is 1.82. The molecule has 1 unspecified atom stereocenters. The van der Waals surface area contributed by atoms with Gasteiger partial charge < -0.3 is 4.42 Å². The first-order valence-corrected chi connectivity index (χ1v) is 9.12. The summed E-state index contributed by atoms with van der Waals surface area (Å²) in [6.45, 7) is 1.92. The molecule has 3 aromatic rings. The summed E-state index contributed by atoms with van der Waals surface area (Å²) in [5.74, 6) is 0.614. The highest BCUT2D eigenvalue weighted by atomic mass is 35.5. The molecule has 0 fully saturated rings. The summed E-state index contributed by atoms with van der Waals surface area (Å²) in [7, 11) is -3.69. The number of halogens is 1. The number of furan rings is 1. The van der Waals surface area contributed by atoms with Gasteiger partial charge in [-0.25, -0.2) is 13.1 Å². The maximum atomic E-state index is 12.5. The van der Waals surface area contributed by atoms with E-state index in [2.05, 4.69) is 9.82 Å². The minimum absolute atomic E-state index is 0.100. The third kappa shape index (κ3) is 3.53. The average Bonchev–Trinajstić information content (AvgIpc) is 3.24. The Morgan fingerprint density at radius 1 is 1.33 bits per heavy atom. The zero-order valence-electron chi connectivity index (χ0n) is 12.9. The second-order valence-corrected chi connectivity index (χ2v) is 7.45. The van der Waals surface area contributed by atoms with Crippen LogP contribution in [0.2, 0.25) is 5.02 Å². The van der Waals surface area contributed by atoms with Crippen molar-refractivity contribution in [3.05, 3.63) is 71.4 Å². The van der Waals surface area contributed by atoms with Crippen LogP contribution in [0.3, 0.4) is 0 Å². The van der Waals surface area contributed by atoms with E-state index in [1.165, 1.54) is 12.1 Å². The van der Waals surface area contributed by atoms with E-state index < -0.39 is 10.0 Å². The highest BCUT2D eigenvalue weighted by Crippen LogP contribution is 2.21. The lowest BCUT2D eigenvalue weighted by atomic mass is 10.2. The molecular formula is C16H16ClN3O3S. The van der Waals surface area contributed by atoms with Crippen LogP contribution in [-0.2, 0) is 10.0 Å². The Bertz CT molecular complexity index is 872. The van der Waals surface area contributed by atoms with Crippen LogP contribution < -0.4 is 4.72 Å². The van der Waals surface area contributed by atoms with Crippen LogP contribution in [0.15, 0.2) is 64.4 Å². The first-order chi connectivity index (χ1) is 11.5. The van der Waals surface area contributed by atoms with Crippen LogP contribution in [0.25, 0.3) is 0 Å². The van der Waals surface area contributed by atoms with Crippen LogP contribution >= 0.6 is 11.6 Å². The van der Waals surface area contributed by atoms with Crippen molar-refractivity contribution in [1.29, 1.82) is 0 Å². The number of hydrogen-bond acceptors (Lipinski definition) is 4. The maximum absolute atomic E-state index is 12.5. The Hall–Kier alpha value is -2.09. The SMILES string of the molecule is Cc1ccc(S(=O)(=O)NCC(c2ccco2)n2cccn2)cc1Cl. The molecule has 8 heteroatoms. The molecule has 6 nitrogen and oxygen atoms in total. The zero-order valence-corrected chi connectivity index (χ0v) is 14.5. The van der Waals surface area contributed by atoms with E-state index in [1.807, 2.05) is 6.92 Å². The van der Waals surface area contributed by atoms with Gasteiger partial charge in [-0.2, -0.15) is 5.10 Å². The van der Waals surface area contributed by atoms with Crippen molar-refractivity contribution in [3.8, 4) is 0 Å². The van der Waals surface area contributed by atoms with Gasteiger partial charge in [-0.3, -0.25) is 4.68 Å². The van der Waals surface area contributed by atoms with Gasteiger partial charge >= 0.3 is 0 Å². The summed E-state index contributed by atoms with van der Waals surface area (Å²) < 4.78 is 34.7. The lowest BCUT2D eigenvalue weighted by Gasteiger charge is -2.16. The fraction of sp³-hybridized carbons (Fsp3) is 0.188. The first-order valence-electron chi connectivity index (χ1n) is 7.26. The Morgan fingerprint density at radius 2 is 2.17 bits per heavy atom. The molecule has 2 heterocycles. The van der Waals surface area contributed by atoms with Gasteiger partial charge in [0.15, 0.2) is 0 Å².